The van der Waals surface area contributed by atoms with Crippen LogP contribution >= 0.6 is 12.2 Å². The van der Waals surface area contributed by atoms with Gasteiger partial charge >= 0.3 is 0 Å². The fourth-order valence-electron chi connectivity index (χ4n) is 3.12. The van der Waals surface area contributed by atoms with Crippen molar-refractivity contribution in [3.8, 4) is 0 Å². The second-order valence-electron chi connectivity index (χ2n) is 6.22. The molecule has 1 aliphatic rings. The minimum atomic E-state index is 0.575. The van der Waals surface area contributed by atoms with Crippen molar-refractivity contribution in [1.82, 2.24) is 20.6 Å². The lowest BCUT2D eigenvalue weighted by atomic mass is 10.1. The number of hydrogen-bond acceptors (Lipinski definition) is 3. The lowest BCUT2D eigenvalue weighted by Crippen LogP contribution is -2.40. The fraction of sp³-hybridized carbons (Fsp3) is 0.444. The zero-order valence-electron chi connectivity index (χ0n) is 14.1. The number of thiocarbonyl (C=S) groups is 1. The van der Waals surface area contributed by atoms with E-state index in [4.69, 9.17) is 12.2 Å². The van der Waals surface area contributed by atoms with Gasteiger partial charge in [-0.3, -0.25) is 5.43 Å². The SMILES string of the molecule is C/C(=N\NC(=S)NCCN1CCCCC1)c1c[nH]c2ccccc12. The van der Waals surface area contributed by atoms with E-state index in [0.717, 1.165) is 29.9 Å². The first kappa shape index (κ1) is 16.9. The Morgan fingerprint density at radius 2 is 2.04 bits per heavy atom. The number of para-hydroxylation sites is 1. The van der Waals surface area contributed by atoms with Gasteiger partial charge in [-0.2, -0.15) is 5.10 Å². The van der Waals surface area contributed by atoms with Crippen molar-refractivity contribution in [2.75, 3.05) is 26.2 Å². The predicted molar refractivity (Wildman–Crippen MR) is 105 cm³/mol. The number of piperidine rings is 1. The molecule has 1 saturated heterocycles. The summed E-state index contributed by atoms with van der Waals surface area (Å²) in [7, 11) is 0. The summed E-state index contributed by atoms with van der Waals surface area (Å²) in [4.78, 5) is 5.75. The minimum Gasteiger partial charge on any atom is -0.360 e. The van der Waals surface area contributed by atoms with Gasteiger partial charge in [0.2, 0.25) is 0 Å². The van der Waals surface area contributed by atoms with Crippen LogP contribution in [0.3, 0.4) is 0 Å². The van der Waals surface area contributed by atoms with Crippen molar-refractivity contribution in [3.63, 3.8) is 0 Å². The van der Waals surface area contributed by atoms with Gasteiger partial charge in [-0.1, -0.05) is 24.6 Å². The summed E-state index contributed by atoms with van der Waals surface area (Å²) in [6.45, 7) is 6.29. The molecule has 0 spiro atoms. The molecule has 1 aromatic heterocycles. The zero-order valence-corrected chi connectivity index (χ0v) is 15.0. The maximum atomic E-state index is 5.31. The van der Waals surface area contributed by atoms with Crippen LogP contribution in [0.4, 0.5) is 0 Å². The number of benzene rings is 1. The van der Waals surface area contributed by atoms with Crippen LogP contribution in [0.2, 0.25) is 0 Å². The molecule has 0 aliphatic carbocycles. The number of hydrazone groups is 1. The molecule has 3 rings (SSSR count). The van der Waals surface area contributed by atoms with Crippen molar-refractivity contribution < 1.29 is 0 Å². The van der Waals surface area contributed by atoms with Gasteiger partial charge in [-0.15, -0.1) is 0 Å². The number of likely N-dealkylation sites (tertiary alicyclic amines) is 1. The Balaban J connectivity index is 1.48. The van der Waals surface area contributed by atoms with Crippen molar-refractivity contribution in [2.24, 2.45) is 5.10 Å². The van der Waals surface area contributed by atoms with E-state index in [-0.39, 0.29) is 0 Å². The van der Waals surface area contributed by atoms with E-state index in [1.54, 1.807) is 0 Å². The van der Waals surface area contributed by atoms with Gasteiger partial charge < -0.3 is 15.2 Å². The van der Waals surface area contributed by atoms with Crippen LogP contribution in [0.1, 0.15) is 31.7 Å². The van der Waals surface area contributed by atoms with E-state index >= 15 is 0 Å². The number of rotatable bonds is 5. The smallest absolute Gasteiger partial charge is 0.187 e. The van der Waals surface area contributed by atoms with E-state index in [9.17, 15) is 0 Å². The van der Waals surface area contributed by atoms with Crippen molar-refractivity contribution in [2.45, 2.75) is 26.2 Å². The Bertz CT molecular complexity index is 715. The molecule has 128 valence electrons. The molecule has 0 atom stereocenters. The quantitative estimate of drug-likeness (QED) is 0.444. The Kier molecular flexibility index (Phi) is 5.82. The standard InChI is InChI=1S/C18H25N5S/c1-14(16-13-20-17-8-4-3-7-15(16)17)21-22-18(24)19-9-12-23-10-5-2-6-11-23/h3-4,7-8,13,20H,2,5-6,9-12H2,1H3,(H2,19,22,24)/b21-14+. The number of H-pyrrole nitrogens is 1. The summed E-state index contributed by atoms with van der Waals surface area (Å²) in [6.07, 6.45) is 5.98. The van der Waals surface area contributed by atoms with Gasteiger partial charge in [0.05, 0.1) is 5.71 Å². The highest BCUT2D eigenvalue weighted by molar-refractivity contribution is 7.80. The van der Waals surface area contributed by atoms with Crippen molar-refractivity contribution >= 4 is 33.9 Å². The maximum absolute atomic E-state index is 5.31. The molecule has 0 unspecified atom stereocenters. The third kappa shape index (κ3) is 4.33. The fourth-order valence-corrected chi connectivity index (χ4v) is 3.26. The molecule has 2 heterocycles. The molecule has 0 bridgehead atoms. The normalized spacial score (nSPS) is 16.3. The van der Waals surface area contributed by atoms with Crippen LogP contribution in [0.15, 0.2) is 35.6 Å². The molecule has 1 aromatic carbocycles. The number of nitrogens with one attached hydrogen (secondary N) is 3. The van der Waals surface area contributed by atoms with Gasteiger partial charge in [0.1, 0.15) is 0 Å². The predicted octanol–water partition coefficient (Wildman–Crippen LogP) is 2.84. The second-order valence-corrected chi connectivity index (χ2v) is 6.62. The first-order valence-electron chi connectivity index (χ1n) is 8.61. The number of hydrogen-bond donors (Lipinski definition) is 3. The molecule has 6 heteroatoms. The average molecular weight is 343 g/mol. The molecule has 0 saturated carbocycles. The number of aromatic nitrogens is 1. The molecule has 1 aliphatic heterocycles. The first-order valence-corrected chi connectivity index (χ1v) is 9.02. The van der Waals surface area contributed by atoms with Crippen LogP contribution < -0.4 is 10.7 Å². The van der Waals surface area contributed by atoms with E-state index in [0.29, 0.717) is 5.11 Å². The Morgan fingerprint density at radius 1 is 1.25 bits per heavy atom. The van der Waals surface area contributed by atoms with Gasteiger partial charge in [0, 0.05) is 35.8 Å². The van der Waals surface area contributed by atoms with E-state index in [2.05, 4.69) is 37.9 Å². The molecule has 2 aromatic rings. The van der Waals surface area contributed by atoms with Gasteiger partial charge in [-0.05, 0) is 51.1 Å². The third-order valence-corrected chi connectivity index (χ3v) is 4.70. The van der Waals surface area contributed by atoms with Crippen LogP contribution in [0.5, 0.6) is 0 Å². The topological polar surface area (TPSA) is 55.5 Å². The largest absolute Gasteiger partial charge is 0.360 e. The summed E-state index contributed by atoms with van der Waals surface area (Å²) < 4.78 is 0. The average Bonchev–Trinajstić information content (AvgIpc) is 3.05. The molecule has 5 nitrogen and oxygen atoms in total. The first-order chi connectivity index (χ1) is 11.7. The minimum absolute atomic E-state index is 0.575. The van der Waals surface area contributed by atoms with Gasteiger partial charge in [-0.25, -0.2) is 0 Å². The van der Waals surface area contributed by atoms with E-state index in [1.807, 2.05) is 25.3 Å². The number of fused-ring (bicyclic) bond motifs is 1. The molecule has 3 N–H and O–H groups in total. The summed E-state index contributed by atoms with van der Waals surface area (Å²) in [5.74, 6) is 0. The Hall–Kier alpha value is -1.92. The molecule has 1 fully saturated rings. The highest BCUT2D eigenvalue weighted by Gasteiger charge is 2.09. The molecular weight excluding hydrogens is 318 g/mol. The molecular formula is C18H25N5S. The summed E-state index contributed by atoms with van der Waals surface area (Å²) in [5.41, 5.74) is 6.07. The molecule has 0 amide bonds. The zero-order chi connectivity index (χ0) is 16.8. The van der Waals surface area contributed by atoms with Crippen LogP contribution in [0.25, 0.3) is 10.9 Å². The van der Waals surface area contributed by atoms with Crippen LogP contribution in [-0.2, 0) is 0 Å². The van der Waals surface area contributed by atoms with E-state index in [1.165, 1.54) is 37.7 Å². The molecule has 0 radical (unpaired) electrons. The number of nitrogens with zero attached hydrogens (tertiary/aromatic N) is 2. The third-order valence-electron chi connectivity index (χ3n) is 4.47. The highest BCUT2D eigenvalue weighted by Crippen LogP contribution is 2.18. The summed E-state index contributed by atoms with van der Waals surface area (Å²) >= 11 is 5.31. The van der Waals surface area contributed by atoms with Gasteiger partial charge in [0.15, 0.2) is 5.11 Å². The number of aromatic amines is 1. The summed E-state index contributed by atoms with van der Waals surface area (Å²) in [6, 6.07) is 8.21. The lowest BCUT2D eigenvalue weighted by molar-refractivity contribution is 0.232. The van der Waals surface area contributed by atoms with Crippen molar-refractivity contribution in [1.29, 1.82) is 0 Å². The van der Waals surface area contributed by atoms with E-state index < -0.39 is 0 Å². The monoisotopic (exact) mass is 343 g/mol. The highest BCUT2D eigenvalue weighted by atomic mass is 32.1. The Morgan fingerprint density at radius 3 is 2.88 bits per heavy atom. The lowest BCUT2D eigenvalue weighted by Gasteiger charge is -2.26. The van der Waals surface area contributed by atoms with Crippen LogP contribution in [-0.4, -0.2) is 46.9 Å². The second kappa shape index (κ2) is 8.26. The summed E-state index contributed by atoms with van der Waals surface area (Å²) in [5, 5.41) is 9.39. The maximum Gasteiger partial charge on any atom is 0.187 e. The van der Waals surface area contributed by atoms with Crippen molar-refractivity contribution in [3.05, 3.63) is 36.0 Å². The van der Waals surface area contributed by atoms with Crippen LogP contribution in [0, 0.1) is 0 Å². The molecule has 24 heavy (non-hydrogen) atoms. The Labute approximate surface area is 148 Å². The van der Waals surface area contributed by atoms with Gasteiger partial charge in [0.25, 0.3) is 0 Å².